The van der Waals surface area contributed by atoms with Crippen LogP contribution in [-0.4, -0.2) is 43.5 Å². The van der Waals surface area contributed by atoms with Crippen LogP contribution < -0.4 is 11.1 Å². The third-order valence-corrected chi connectivity index (χ3v) is 3.63. The van der Waals surface area contributed by atoms with E-state index in [1.165, 1.54) is 0 Å². The van der Waals surface area contributed by atoms with E-state index in [0.717, 1.165) is 45.2 Å². The molecule has 4 heteroatoms. The lowest BCUT2D eigenvalue weighted by molar-refractivity contribution is -0.127. The zero-order chi connectivity index (χ0) is 12.7. The summed E-state index contributed by atoms with van der Waals surface area (Å²) in [4.78, 5) is 14.3. The monoisotopic (exact) mass is 241 g/mol. The highest BCUT2D eigenvalue weighted by Gasteiger charge is 2.24. The van der Waals surface area contributed by atoms with E-state index in [4.69, 9.17) is 5.73 Å². The van der Waals surface area contributed by atoms with E-state index >= 15 is 0 Å². The van der Waals surface area contributed by atoms with E-state index in [0.29, 0.717) is 6.54 Å². The van der Waals surface area contributed by atoms with Gasteiger partial charge in [-0.05, 0) is 39.4 Å². The topological polar surface area (TPSA) is 58.4 Å². The van der Waals surface area contributed by atoms with Crippen molar-refractivity contribution in [2.45, 2.75) is 45.1 Å². The Morgan fingerprint density at radius 2 is 2.12 bits per heavy atom. The number of hydrogen-bond donors (Lipinski definition) is 2. The molecule has 1 heterocycles. The number of carbonyl (C=O) groups is 1. The summed E-state index contributed by atoms with van der Waals surface area (Å²) in [5.41, 5.74) is 5.69. The second kappa shape index (κ2) is 7.67. The van der Waals surface area contributed by atoms with Gasteiger partial charge in [-0.15, -0.1) is 0 Å². The molecule has 1 aliphatic heterocycles. The fourth-order valence-electron chi connectivity index (χ4n) is 2.29. The average Bonchev–Trinajstić information content (AvgIpc) is 2.35. The van der Waals surface area contributed by atoms with Crippen LogP contribution in [-0.2, 0) is 4.79 Å². The van der Waals surface area contributed by atoms with Crippen molar-refractivity contribution >= 4 is 5.91 Å². The Morgan fingerprint density at radius 3 is 2.65 bits per heavy atom. The number of nitrogens with two attached hydrogens (primary N) is 1. The molecule has 0 bridgehead atoms. The summed E-state index contributed by atoms with van der Waals surface area (Å²) in [5, 5.41) is 3.10. The number of piperidine rings is 1. The molecule has 3 N–H and O–H groups in total. The first-order chi connectivity index (χ1) is 8.17. The van der Waals surface area contributed by atoms with E-state index in [1.54, 1.807) is 0 Å². The molecule has 4 nitrogen and oxygen atoms in total. The molecule has 0 spiro atoms. The lowest BCUT2D eigenvalue weighted by Gasteiger charge is -2.29. The van der Waals surface area contributed by atoms with Gasteiger partial charge < -0.3 is 16.0 Å². The van der Waals surface area contributed by atoms with Crippen molar-refractivity contribution in [2.75, 3.05) is 26.7 Å². The Labute approximate surface area is 105 Å². The van der Waals surface area contributed by atoms with E-state index in [-0.39, 0.29) is 17.9 Å². The van der Waals surface area contributed by atoms with E-state index in [1.807, 2.05) is 0 Å². The highest BCUT2D eigenvalue weighted by atomic mass is 16.1. The van der Waals surface area contributed by atoms with Crippen LogP contribution in [0.4, 0.5) is 0 Å². The van der Waals surface area contributed by atoms with Crippen molar-refractivity contribution < 1.29 is 4.79 Å². The third kappa shape index (κ3) is 5.04. The maximum Gasteiger partial charge on any atom is 0.223 e. The van der Waals surface area contributed by atoms with Crippen LogP contribution in [0, 0.1) is 5.92 Å². The highest BCUT2D eigenvalue weighted by molar-refractivity contribution is 5.79. The Bertz CT molecular complexity index is 225. The first kappa shape index (κ1) is 14.5. The predicted molar refractivity (Wildman–Crippen MR) is 70.7 cm³/mol. The van der Waals surface area contributed by atoms with E-state index in [2.05, 4.69) is 24.2 Å². The number of hydrogen-bond acceptors (Lipinski definition) is 3. The number of carbonyl (C=O) groups excluding carboxylic acids is 1. The molecule has 0 aliphatic carbocycles. The minimum atomic E-state index is 0.169. The molecule has 1 saturated heterocycles. The van der Waals surface area contributed by atoms with Crippen LogP contribution >= 0.6 is 0 Å². The van der Waals surface area contributed by atoms with Crippen LogP contribution in [0.3, 0.4) is 0 Å². The number of rotatable bonds is 6. The average molecular weight is 241 g/mol. The Kier molecular flexibility index (Phi) is 6.52. The molecule has 100 valence electrons. The fourth-order valence-corrected chi connectivity index (χ4v) is 2.29. The molecule has 0 aromatic carbocycles. The quantitative estimate of drug-likeness (QED) is 0.728. The number of nitrogens with zero attached hydrogens (tertiary/aromatic N) is 1. The zero-order valence-electron chi connectivity index (χ0n) is 11.2. The summed E-state index contributed by atoms with van der Waals surface area (Å²) in [6.45, 7) is 4.77. The molecule has 0 aromatic rings. The minimum Gasteiger partial charge on any atom is -0.352 e. The Morgan fingerprint density at radius 1 is 1.47 bits per heavy atom. The standard InChI is InChI=1S/C13H27N3O/c1-3-4-5-12(10-14)15-13(17)11-6-8-16(2)9-7-11/h11-12H,3-10,14H2,1-2H3,(H,15,17). The summed E-state index contributed by atoms with van der Waals surface area (Å²) in [5.74, 6) is 0.409. The molecule has 0 saturated carbocycles. The Hall–Kier alpha value is -0.610. The largest absolute Gasteiger partial charge is 0.352 e. The van der Waals surface area contributed by atoms with Gasteiger partial charge in [0.1, 0.15) is 0 Å². The normalized spacial score (nSPS) is 20.2. The van der Waals surface area contributed by atoms with Crippen molar-refractivity contribution in [2.24, 2.45) is 11.7 Å². The molecule has 1 rings (SSSR count). The van der Waals surface area contributed by atoms with Crippen LogP contribution in [0.25, 0.3) is 0 Å². The predicted octanol–water partition coefficient (Wildman–Crippen LogP) is 0.962. The number of unbranched alkanes of at least 4 members (excludes halogenated alkanes) is 1. The second-order valence-electron chi connectivity index (χ2n) is 5.16. The van der Waals surface area contributed by atoms with E-state index in [9.17, 15) is 4.79 Å². The number of likely N-dealkylation sites (tertiary alicyclic amines) is 1. The summed E-state index contributed by atoms with van der Waals surface area (Å²) >= 11 is 0. The summed E-state index contributed by atoms with van der Waals surface area (Å²) < 4.78 is 0. The van der Waals surface area contributed by atoms with Gasteiger partial charge in [-0.25, -0.2) is 0 Å². The summed E-state index contributed by atoms with van der Waals surface area (Å²) in [6.07, 6.45) is 5.25. The van der Waals surface area contributed by atoms with Crippen LogP contribution in [0.1, 0.15) is 39.0 Å². The molecule has 0 radical (unpaired) electrons. The zero-order valence-corrected chi connectivity index (χ0v) is 11.2. The first-order valence-corrected chi connectivity index (χ1v) is 6.86. The molecule has 1 unspecified atom stereocenters. The van der Waals surface area contributed by atoms with Gasteiger partial charge in [0.05, 0.1) is 0 Å². The number of nitrogens with one attached hydrogen (secondary N) is 1. The van der Waals surface area contributed by atoms with E-state index < -0.39 is 0 Å². The molecular weight excluding hydrogens is 214 g/mol. The second-order valence-corrected chi connectivity index (χ2v) is 5.16. The van der Waals surface area contributed by atoms with Crippen molar-refractivity contribution in [3.8, 4) is 0 Å². The molecule has 17 heavy (non-hydrogen) atoms. The van der Waals surface area contributed by atoms with Crippen LogP contribution in [0.5, 0.6) is 0 Å². The molecule has 1 fully saturated rings. The highest BCUT2D eigenvalue weighted by Crippen LogP contribution is 2.16. The lowest BCUT2D eigenvalue weighted by atomic mass is 9.95. The minimum absolute atomic E-state index is 0.169. The number of amides is 1. The smallest absolute Gasteiger partial charge is 0.223 e. The molecule has 0 aromatic heterocycles. The maximum atomic E-state index is 12.1. The molecule has 1 atom stereocenters. The van der Waals surface area contributed by atoms with Gasteiger partial charge in [-0.2, -0.15) is 0 Å². The van der Waals surface area contributed by atoms with Crippen LogP contribution in [0.15, 0.2) is 0 Å². The van der Waals surface area contributed by atoms with Gasteiger partial charge in [0.2, 0.25) is 5.91 Å². The first-order valence-electron chi connectivity index (χ1n) is 6.86. The molecule has 1 amide bonds. The van der Waals surface area contributed by atoms with Crippen LogP contribution in [0.2, 0.25) is 0 Å². The van der Waals surface area contributed by atoms with Gasteiger partial charge in [0, 0.05) is 18.5 Å². The van der Waals surface area contributed by atoms with Gasteiger partial charge in [0.25, 0.3) is 0 Å². The van der Waals surface area contributed by atoms with Gasteiger partial charge in [0.15, 0.2) is 0 Å². The third-order valence-electron chi connectivity index (χ3n) is 3.63. The summed E-state index contributed by atoms with van der Waals surface area (Å²) in [6, 6.07) is 0.169. The Balaban J connectivity index is 2.31. The summed E-state index contributed by atoms with van der Waals surface area (Å²) in [7, 11) is 2.11. The maximum absolute atomic E-state index is 12.1. The fraction of sp³-hybridized carbons (Fsp3) is 0.923. The lowest BCUT2D eigenvalue weighted by Crippen LogP contribution is -2.45. The van der Waals surface area contributed by atoms with Crippen molar-refractivity contribution in [3.05, 3.63) is 0 Å². The SMILES string of the molecule is CCCCC(CN)NC(=O)C1CCN(C)CC1. The van der Waals surface area contributed by atoms with Crippen molar-refractivity contribution in [3.63, 3.8) is 0 Å². The van der Waals surface area contributed by atoms with Gasteiger partial charge >= 0.3 is 0 Å². The molecule has 1 aliphatic rings. The molecular formula is C13H27N3O. The van der Waals surface area contributed by atoms with Crippen molar-refractivity contribution in [1.29, 1.82) is 0 Å². The van der Waals surface area contributed by atoms with Gasteiger partial charge in [-0.1, -0.05) is 19.8 Å². The van der Waals surface area contributed by atoms with Crippen molar-refractivity contribution in [1.82, 2.24) is 10.2 Å². The van der Waals surface area contributed by atoms with Gasteiger partial charge in [-0.3, -0.25) is 4.79 Å².